The molecule has 8 nitrogen and oxygen atoms in total. The molecule has 1 amide bonds. The van der Waals surface area contributed by atoms with E-state index in [1.807, 2.05) is 55.1 Å². The Hall–Kier alpha value is -3.42. The van der Waals surface area contributed by atoms with E-state index >= 15 is 0 Å². The normalized spacial score (nSPS) is 14.1. The van der Waals surface area contributed by atoms with E-state index < -0.39 is 0 Å². The lowest BCUT2D eigenvalue weighted by Crippen LogP contribution is -2.50. The molecule has 30 heavy (non-hydrogen) atoms. The van der Waals surface area contributed by atoms with Gasteiger partial charge >= 0.3 is 0 Å². The van der Waals surface area contributed by atoms with Gasteiger partial charge in [-0.15, -0.1) is 0 Å². The van der Waals surface area contributed by atoms with E-state index in [1.54, 1.807) is 6.20 Å². The number of carbonyl (C=O) groups is 1. The molecule has 0 aliphatic carbocycles. The van der Waals surface area contributed by atoms with Crippen LogP contribution in [-0.2, 0) is 11.2 Å². The first kappa shape index (κ1) is 19.9. The lowest BCUT2D eigenvalue weighted by atomic mass is 10.2. The Morgan fingerprint density at radius 3 is 2.60 bits per heavy atom. The van der Waals surface area contributed by atoms with Gasteiger partial charge in [0, 0.05) is 44.4 Å². The smallest absolute Gasteiger partial charge is 0.260 e. The molecule has 0 atom stereocenters. The summed E-state index contributed by atoms with van der Waals surface area (Å²) in [5, 5.41) is 3.98. The topological polar surface area (TPSA) is 84.6 Å². The highest BCUT2D eigenvalue weighted by Crippen LogP contribution is 2.20. The first-order valence-corrected chi connectivity index (χ1v) is 10.1. The van der Waals surface area contributed by atoms with E-state index in [0.717, 1.165) is 35.8 Å². The second-order valence-corrected chi connectivity index (χ2v) is 7.19. The fourth-order valence-corrected chi connectivity index (χ4v) is 3.36. The Labute approximate surface area is 175 Å². The standard InChI is InChI=1S/C22H25N5O3/c1-3-20-24-22(25-30-20)17-8-9-19(23-14-17)26-10-12-27(13-11-26)21(28)15-29-18-7-5-4-6-16(18)2/h4-9,14H,3,10-13,15H2,1-2H3. The summed E-state index contributed by atoms with van der Waals surface area (Å²) < 4.78 is 10.8. The maximum Gasteiger partial charge on any atom is 0.260 e. The van der Waals surface area contributed by atoms with Crippen molar-refractivity contribution in [2.75, 3.05) is 37.7 Å². The number of aromatic nitrogens is 3. The van der Waals surface area contributed by atoms with E-state index in [9.17, 15) is 4.79 Å². The molecule has 1 aromatic carbocycles. The molecule has 2 aromatic heterocycles. The van der Waals surface area contributed by atoms with Crippen LogP contribution in [0.3, 0.4) is 0 Å². The molecule has 4 rings (SSSR count). The summed E-state index contributed by atoms with van der Waals surface area (Å²) in [6.45, 7) is 6.74. The van der Waals surface area contributed by atoms with Gasteiger partial charge in [0.15, 0.2) is 6.61 Å². The first-order chi connectivity index (χ1) is 14.6. The number of nitrogens with zero attached hydrogens (tertiary/aromatic N) is 5. The fourth-order valence-electron chi connectivity index (χ4n) is 3.36. The molecule has 156 valence electrons. The van der Waals surface area contributed by atoms with Gasteiger partial charge in [0.1, 0.15) is 11.6 Å². The van der Waals surface area contributed by atoms with Crippen molar-refractivity contribution in [1.82, 2.24) is 20.0 Å². The third kappa shape index (κ3) is 4.42. The van der Waals surface area contributed by atoms with Gasteiger partial charge in [0.2, 0.25) is 11.7 Å². The minimum Gasteiger partial charge on any atom is -0.484 e. The highest BCUT2D eigenvalue weighted by molar-refractivity contribution is 5.78. The Kier molecular flexibility index (Phi) is 5.92. The van der Waals surface area contributed by atoms with Crippen LogP contribution in [0.5, 0.6) is 5.75 Å². The van der Waals surface area contributed by atoms with Crippen molar-refractivity contribution in [1.29, 1.82) is 0 Å². The van der Waals surface area contributed by atoms with Gasteiger partial charge in [-0.05, 0) is 30.7 Å². The van der Waals surface area contributed by atoms with Crippen molar-refractivity contribution < 1.29 is 14.1 Å². The molecular weight excluding hydrogens is 382 g/mol. The third-order valence-electron chi connectivity index (χ3n) is 5.18. The lowest BCUT2D eigenvalue weighted by Gasteiger charge is -2.35. The van der Waals surface area contributed by atoms with Crippen molar-refractivity contribution >= 4 is 11.7 Å². The van der Waals surface area contributed by atoms with Crippen LogP contribution >= 0.6 is 0 Å². The molecule has 0 saturated carbocycles. The number of ether oxygens (including phenoxy) is 1. The second-order valence-electron chi connectivity index (χ2n) is 7.19. The molecule has 0 radical (unpaired) electrons. The predicted octanol–water partition coefficient (Wildman–Crippen LogP) is 2.73. The monoisotopic (exact) mass is 407 g/mol. The maximum absolute atomic E-state index is 12.5. The number of carbonyl (C=O) groups excluding carboxylic acids is 1. The van der Waals surface area contributed by atoms with Crippen LogP contribution in [0, 0.1) is 6.92 Å². The fraction of sp³-hybridized carbons (Fsp3) is 0.364. The number of piperazine rings is 1. The number of hydrogen-bond acceptors (Lipinski definition) is 7. The molecule has 3 aromatic rings. The molecule has 0 unspecified atom stereocenters. The summed E-state index contributed by atoms with van der Waals surface area (Å²) in [7, 11) is 0. The molecule has 0 N–H and O–H groups in total. The molecular formula is C22H25N5O3. The van der Waals surface area contributed by atoms with Crippen molar-refractivity contribution in [3.05, 3.63) is 54.0 Å². The SMILES string of the molecule is CCc1nc(-c2ccc(N3CCN(C(=O)COc4ccccc4C)CC3)nc2)no1. The van der Waals surface area contributed by atoms with E-state index in [0.29, 0.717) is 31.2 Å². The van der Waals surface area contributed by atoms with Gasteiger partial charge in [-0.2, -0.15) is 4.98 Å². The van der Waals surface area contributed by atoms with Gasteiger partial charge in [-0.3, -0.25) is 4.79 Å². The average Bonchev–Trinajstić information content (AvgIpc) is 3.28. The first-order valence-electron chi connectivity index (χ1n) is 10.1. The summed E-state index contributed by atoms with van der Waals surface area (Å²) >= 11 is 0. The van der Waals surface area contributed by atoms with Crippen molar-refractivity contribution in [2.45, 2.75) is 20.3 Å². The van der Waals surface area contributed by atoms with E-state index in [2.05, 4.69) is 20.0 Å². The lowest BCUT2D eigenvalue weighted by molar-refractivity contribution is -0.133. The highest BCUT2D eigenvalue weighted by Gasteiger charge is 2.22. The van der Waals surface area contributed by atoms with Gasteiger partial charge in [0.05, 0.1) is 0 Å². The summed E-state index contributed by atoms with van der Waals surface area (Å²) in [4.78, 5) is 25.4. The number of benzene rings is 1. The Morgan fingerprint density at radius 2 is 1.93 bits per heavy atom. The molecule has 1 aliphatic rings. The molecule has 0 spiro atoms. The molecule has 1 fully saturated rings. The molecule has 3 heterocycles. The van der Waals surface area contributed by atoms with Crippen molar-refractivity contribution in [2.24, 2.45) is 0 Å². The molecule has 0 bridgehead atoms. The number of amides is 1. The number of para-hydroxylation sites is 1. The minimum absolute atomic E-state index is 0.00467. The summed E-state index contributed by atoms with van der Waals surface area (Å²) in [6, 6.07) is 11.6. The average molecular weight is 407 g/mol. The van der Waals surface area contributed by atoms with Crippen LogP contribution in [0.4, 0.5) is 5.82 Å². The maximum atomic E-state index is 12.5. The molecule has 1 saturated heterocycles. The third-order valence-corrected chi connectivity index (χ3v) is 5.18. The van der Waals surface area contributed by atoms with Crippen LogP contribution in [-0.4, -0.2) is 58.7 Å². The zero-order chi connectivity index (χ0) is 20.9. The van der Waals surface area contributed by atoms with Crippen molar-refractivity contribution in [3.8, 4) is 17.1 Å². The van der Waals surface area contributed by atoms with Crippen LogP contribution < -0.4 is 9.64 Å². The number of pyridine rings is 1. The second kappa shape index (κ2) is 8.94. The number of aryl methyl sites for hydroxylation is 2. The number of hydrogen-bond donors (Lipinski definition) is 0. The van der Waals surface area contributed by atoms with Crippen LogP contribution in [0.1, 0.15) is 18.4 Å². The molecule has 1 aliphatic heterocycles. The van der Waals surface area contributed by atoms with Gasteiger partial charge in [-0.1, -0.05) is 30.3 Å². The van der Waals surface area contributed by atoms with E-state index in [-0.39, 0.29) is 12.5 Å². The minimum atomic E-state index is 0.00467. The highest BCUT2D eigenvalue weighted by atomic mass is 16.5. The van der Waals surface area contributed by atoms with Gasteiger partial charge in [-0.25, -0.2) is 4.98 Å². The zero-order valence-electron chi connectivity index (χ0n) is 17.2. The Morgan fingerprint density at radius 1 is 1.13 bits per heavy atom. The largest absolute Gasteiger partial charge is 0.484 e. The van der Waals surface area contributed by atoms with Crippen LogP contribution in [0.15, 0.2) is 47.1 Å². The van der Waals surface area contributed by atoms with E-state index in [4.69, 9.17) is 9.26 Å². The van der Waals surface area contributed by atoms with E-state index in [1.165, 1.54) is 0 Å². The van der Waals surface area contributed by atoms with Gasteiger partial charge in [0.25, 0.3) is 5.91 Å². The molecule has 8 heteroatoms. The van der Waals surface area contributed by atoms with Crippen LogP contribution in [0.2, 0.25) is 0 Å². The zero-order valence-corrected chi connectivity index (χ0v) is 17.2. The van der Waals surface area contributed by atoms with Gasteiger partial charge < -0.3 is 19.1 Å². The quantitative estimate of drug-likeness (QED) is 0.621. The Balaban J connectivity index is 1.29. The number of rotatable bonds is 6. The van der Waals surface area contributed by atoms with Crippen LogP contribution in [0.25, 0.3) is 11.4 Å². The predicted molar refractivity (Wildman–Crippen MR) is 112 cm³/mol. The summed E-state index contributed by atoms with van der Waals surface area (Å²) in [6.07, 6.45) is 2.46. The number of anilines is 1. The Bertz CT molecular complexity index is 994. The van der Waals surface area contributed by atoms with Crippen molar-refractivity contribution in [3.63, 3.8) is 0 Å². The summed E-state index contributed by atoms with van der Waals surface area (Å²) in [5.41, 5.74) is 1.85. The summed E-state index contributed by atoms with van der Waals surface area (Å²) in [5.74, 6) is 2.80.